The van der Waals surface area contributed by atoms with Crippen molar-refractivity contribution >= 4 is 0 Å². The molecule has 124 valence electrons. The summed E-state index contributed by atoms with van der Waals surface area (Å²) in [5.74, 6) is 1.63. The molecule has 3 rings (SSSR count). The number of aromatic nitrogens is 2. The van der Waals surface area contributed by atoms with Crippen molar-refractivity contribution in [1.82, 2.24) is 9.97 Å². The molecule has 1 saturated carbocycles. The lowest BCUT2D eigenvalue weighted by Gasteiger charge is -2.28. The molecule has 0 radical (unpaired) electrons. The molecule has 23 heavy (non-hydrogen) atoms. The Morgan fingerprint density at radius 1 is 1.39 bits per heavy atom. The summed E-state index contributed by atoms with van der Waals surface area (Å²) in [6.07, 6.45) is 8.19. The fourth-order valence-electron chi connectivity index (χ4n) is 3.73. The maximum Gasteiger partial charge on any atom is 0.165 e. The van der Waals surface area contributed by atoms with Crippen molar-refractivity contribution in [3.8, 4) is 5.75 Å². The van der Waals surface area contributed by atoms with E-state index in [-0.39, 0.29) is 5.82 Å². The van der Waals surface area contributed by atoms with E-state index in [4.69, 9.17) is 4.74 Å². The maximum atomic E-state index is 14.3. The van der Waals surface area contributed by atoms with E-state index in [1.165, 1.54) is 20.0 Å². The van der Waals surface area contributed by atoms with Gasteiger partial charge in [0.2, 0.25) is 0 Å². The molecular weight excluding hydrogens is 291 g/mol. The molecule has 1 aliphatic rings. The zero-order valence-electron chi connectivity index (χ0n) is 14.1. The van der Waals surface area contributed by atoms with Gasteiger partial charge in [-0.3, -0.25) is 0 Å². The second kappa shape index (κ2) is 6.73. The van der Waals surface area contributed by atoms with Crippen LogP contribution in [0.25, 0.3) is 0 Å². The minimum Gasteiger partial charge on any atom is -0.494 e. The molecule has 1 aliphatic carbocycles. The zero-order chi connectivity index (χ0) is 16.4. The highest BCUT2D eigenvalue weighted by Gasteiger charge is 2.38. The molecule has 1 heterocycles. The van der Waals surface area contributed by atoms with Crippen LogP contribution in [-0.4, -0.2) is 17.1 Å². The number of hydrogen-bond acceptors (Lipinski definition) is 2. The summed E-state index contributed by atoms with van der Waals surface area (Å²) < 4.78 is 19.4. The minimum absolute atomic E-state index is 0.256. The SMILES string of the molecule is CCC(Cc1c[nH]cn1)C(c1cc(F)c(OC)cc1C)C1CC1. The number of rotatable bonds is 7. The summed E-state index contributed by atoms with van der Waals surface area (Å²) in [7, 11) is 1.52. The normalized spacial score (nSPS) is 17.0. The summed E-state index contributed by atoms with van der Waals surface area (Å²) in [6, 6.07) is 3.53. The average Bonchev–Trinajstić information content (AvgIpc) is 3.25. The molecule has 0 spiro atoms. The Bertz CT molecular complexity index is 650. The van der Waals surface area contributed by atoms with Crippen molar-refractivity contribution in [2.24, 2.45) is 11.8 Å². The van der Waals surface area contributed by atoms with Crippen LogP contribution in [0.5, 0.6) is 5.75 Å². The van der Waals surface area contributed by atoms with Crippen LogP contribution in [-0.2, 0) is 6.42 Å². The van der Waals surface area contributed by atoms with Crippen LogP contribution in [0.1, 0.15) is 48.9 Å². The minimum atomic E-state index is -0.256. The molecule has 1 fully saturated rings. The fraction of sp³-hybridized carbons (Fsp3) is 0.526. The molecule has 0 saturated heterocycles. The Balaban J connectivity index is 1.93. The molecule has 2 aromatic rings. The molecule has 3 nitrogen and oxygen atoms in total. The summed E-state index contributed by atoms with van der Waals surface area (Å²) in [6.45, 7) is 4.29. The van der Waals surface area contributed by atoms with Crippen molar-refractivity contribution in [3.05, 3.63) is 47.3 Å². The maximum absolute atomic E-state index is 14.3. The fourth-order valence-corrected chi connectivity index (χ4v) is 3.73. The first-order chi connectivity index (χ1) is 11.1. The summed E-state index contributed by atoms with van der Waals surface area (Å²) >= 11 is 0. The van der Waals surface area contributed by atoms with E-state index in [1.807, 2.05) is 12.3 Å². The standard InChI is InChI=1S/C19H25FN2O/c1-4-13(8-15-10-21-11-22-15)19(14-5-6-14)16-9-17(20)18(23-3)7-12(16)2/h7,9-11,13-14,19H,4-6,8H2,1-3H3,(H,21,22). The Morgan fingerprint density at radius 2 is 2.17 bits per heavy atom. The van der Waals surface area contributed by atoms with E-state index in [9.17, 15) is 4.39 Å². The number of aromatic amines is 1. The lowest BCUT2D eigenvalue weighted by Crippen LogP contribution is -2.18. The van der Waals surface area contributed by atoms with Crippen LogP contribution >= 0.6 is 0 Å². The van der Waals surface area contributed by atoms with Gasteiger partial charge in [0.05, 0.1) is 19.1 Å². The van der Waals surface area contributed by atoms with E-state index < -0.39 is 0 Å². The highest BCUT2D eigenvalue weighted by atomic mass is 19.1. The van der Waals surface area contributed by atoms with Crippen molar-refractivity contribution < 1.29 is 9.13 Å². The number of benzene rings is 1. The van der Waals surface area contributed by atoms with Gasteiger partial charge in [-0.15, -0.1) is 0 Å². The van der Waals surface area contributed by atoms with Gasteiger partial charge in [-0.2, -0.15) is 0 Å². The molecule has 0 amide bonds. The number of H-pyrrole nitrogens is 1. The van der Waals surface area contributed by atoms with Crippen LogP contribution < -0.4 is 4.74 Å². The van der Waals surface area contributed by atoms with Crippen molar-refractivity contribution in [3.63, 3.8) is 0 Å². The highest BCUT2D eigenvalue weighted by molar-refractivity contribution is 5.39. The molecule has 2 unspecified atom stereocenters. The summed E-state index contributed by atoms with van der Waals surface area (Å²) in [5, 5.41) is 0. The number of aryl methyl sites for hydroxylation is 1. The Hall–Kier alpha value is -1.84. The van der Waals surface area contributed by atoms with E-state index in [1.54, 1.807) is 12.4 Å². The smallest absolute Gasteiger partial charge is 0.165 e. The van der Waals surface area contributed by atoms with Gasteiger partial charge < -0.3 is 9.72 Å². The monoisotopic (exact) mass is 316 g/mol. The molecule has 1 aromatic carbocycles. The molecule has 0 bridgehead atoms. The second-order valence-corrected chi connectivity index (χ2v) is 6.64. The quantitative estimate of drug-likeness (QED) is 0.809. The molecule has 1 N–H and O–H groups in total. The van der Waals surface area contributed by atoms with Gasteiger partial charge in [0.15, 0.2) is 11.6 Å². The van der Waals surface area contributed by atoms with Crippen LogP contribution in [0.4, 0.5) is 4.39 Å². The lowest BCUT2D eigenvalue weighted by molar-refractivity contribution is 0.362. The van der Waals surface area contributed by atoms with Gasteiger partial charge in [0.25, 0.3) is 0 Å². The first kappa shape index (κ1) is 16.0. The number of ether oxygens (including phenoxy) is 1. The molecular formula is C19H25FN2O. The average molecular weight is 316 g/mol. The predicted molar refractivity (Wildman–Crippen MR) is 89.2 cm³/mol. The van der Waals surface area contributed by atoms with E-state index >= 15 is 0 Å². The number of imidazole rings is 1. The number of hydrogen-bond donors (Lipinski definition) is 1. The van der Waals surface area contributed by atoms with Gasteiger partial charge in [-0.1, -0.05) is 13.3 Å². The Morgan fingerprint density at radius 3 is 2.74 bits per heavy atom. The summed E-state index contributed by atoms with van der Waals surface area (Å²) in [5.41, 5.74) is 3.36. The number of methoxy groups -OCH3 is 1. The van der Waals surface area contributed by atoms with Gasteiger partial charge in [0, 0.05) is 6.20 Å². The van der Waals surface area contributed by atoms with Crippen LogP contribution in [0.3, 0.4) is 0 Å². The largest absolute Gasteiger partial charge is 0.494 e. The van der Waals surface area contributed by atoms with E-state index in [2.05, 4.69) is 23.8 Å². The molecule has 0 aliphatic heterocycles. The highest BCUT2D eigenvalue weighted by Crippen LogP contribution is 2.49. The number of nitrogens with one attached hydrogen (secondary N) is 1. The Kier molecular flexibility index (Phi) is 4.69. The lowest BCUT2D eigenvalue weighted by atomic mass is 9.77. The van der Waals surface area contributed by atoms with Crippen LogP contribution in [0.2, 0.25) is 0 Å². The third-order valence-corrected chi connectivity index (χ3v) is 5.09. The molecule has 4 heteroatoms. The predicted octanol–water partition coefficient (Wildman–Crippen LogP) is 4.63. The van der Waals surface area contributed by atoms with Crippen LogP contribution in [0.15, 0.2) is 24.7 Å². The van der Waals surface area contributed by atoms with Crippen molar-refractivity contribution in [2.75, 3.05) is 7.11 Å². The van der Waals surface area contributed by atoms with Gasteiger partial charge in [-0.25, -0.2) is 9.37 Å². The first-order valence-corrected chi connectivity index (χ1v) is 8.45. The van der Waals surface area contributed by atoms with Gasteiger partial charge in [0.1, 0.15) is 0 Å². The van der Waals surface area contributed by atoms with Crippen molar-refractivity contribution in [2.45, 2.75) is 45.4 Å². The Labute approximate surface area is 137 Å². The second-order valence-electron chi connectivity index (χ2n) is 6.64. The third kappa shape index (κ3) is 3.41. The molecule has 2 atom stereocenters. The van der Waals surface area contributed by atoms with Crippen LogP contribution in [0, 0.1) is 24.6 Å². The zero-order valence-corrected chi connectivity index (χ0v) is 14.1. The summed E-state index contributed by atoms with van der Waals surface area (Å²) in [4.78, 5) is 7.41. The van der Waals surface area contributed by atoms with E-state index in [0.29, 0.717) is 23.5 Å². The van der Waals surface area contributed by atoms with Crippen molar-refractivity contribution in [1.29, 1.82) is 0 Å². The first-order valence-electron chi connectivity index (χ1n) is 8.45. The topological polar surface area (TPSA) is 37.9 Å². The van der Waals surface area contributed by atoms with Gasteiger partial charge >= 0.3 is 0 Å². The van der Waals surface area contributed by atoms with E-state index in [0.717, 1.165) is 29.7 Å². The molecule has 1 aromatic heterocycles. The number of halogens is 1. The third-order valence-electron chi connectivity index (χ3n) is 5.09. The number of nitrogens with zero attached hydrogens (tertiary/aromatic N) is 1. The van der Waals surface area contributed by atoms with Gasteiger partial charge in [-0.05, 0) is 67.2 Å².